The van der Waals surface area contributed by atoms with Crippen LogP contribution in [-0.2, 0) is 0 Å². The van der Waals surface area contributed by atoms with Gasteiger partial charge in [0.05, 0.1) is 6.04 Å². The number of hydrogen-bond acceptors (Lipinski definition) is 2. The summed E-state index contributed by atoms with van der Waals surface area (Å²) in [5.41, 5.74) is 2.24. The van der Waals surface area contributed by atoms with Crippen LogP contribution in [-0.4, -0.2) is 11.5 Å². The number of aromatic nitrogens is 1. The molecule has 106 valence electrons. The highest BCUT2D eigenvalue weighted by Gasteiger charge is 2.15. The average molecular weight is 280 g/mol. The molecule has 2 aromatic carbocycles. The fourth-order valence-corrected chi connectivity index (χ4v) is 2.67. The van der Waals surface area contributed by atoms with E-state index in [1.165, 1.54) is 23.1 Å². The lowest BCUT2D eigenvalue weighted by molar-refractivity contribution is 0.615. The molecule has 0 bridgehead atoms. The van der Waals surface area contributed by atoms with Gasteiger partial charge in [-0.2, -0.15) is 0 Å². The summed E-state index contributed by atoms with van der Waals surface area (Å²) in [7, 11) is 0. The molecule has 0 aliphatic rings. The first-order valence-corrected chi connectivity index (χ1v) is 7.11. The number of rotatable bonds is 4. The van der Waals surface area contributed by atoms with Crippen molar-refractivity contribution in [2.24, 2.45) is 0 Å². The molecule has 3 heteroatoms. The van der Waals surface area contributed by atoms with Crippen LogP contribution < -0.4 is 5.32 Å². The zero-order valence-corrected chi connectivity index (χ0v) is 11.9. The van der Waals surface area contributed by atoms with E-state index in [0.717, 1.165) is 17.5 Å². The van der Waals surface area contributed by atoms with Crippen molar-refractivity contribution in [1.82, 2.24) is 10.3 Å². The average Bonchev–Trinajstić information content (AvgIpc) is 2.53. The molecule has 1 heterocycles. The first-order valence-electron chi connectivity index (χ1n) is 7.11. The molecule has 3 rings (SSSR count). The van der Waals surface area contributed by atoms with Crippen LogP contribution in [0, 0.1) is 5.82 Å². The number of fused-ring (bicyclic) bond motifs is 1. The van der Waals surface area contributed by atoms with Crippen LogP contribution in [0.2, 0.25) is 0 Å². The summed E-state index contributed by atoms with van der Waals surface area (Å²) in [6, 6.07) is 15.0. The highest BCUT2D eigenvalue weighted by atomic mass is 19.1. The second kappa shape index (κ2) is 6.02. The topological polar surface area (TPSA) is 24.9 Å². The number of benzene rings is 2. The van der Waals surface area contributed by atoms with Crippen LogP contribution in [0.1, 0.15) is 24.1 Å². The Kier molecular flexibility index (Phi) is 3.93. The lowest BCUT2D eigenvalue weighted by atomic mass is 9.94. The molecular formula is C18H17FN2. The molecule has 1 atom stereocenters. The molecule has 0 saturated heterocycles. The largest absolute Gasteiger partial charge is 0.307 e. The molecule has 1 N–H and O–H groups in total. The third-order valence-electron chi connectivity index (χ3n) is 3.64. The van der Waals surface area contributed by atoms with Gasteiger partial charge in [0, 0.05) is 17.8 Å². The molecule has 0 spiro atoms. The van der Waals surface area contributed by atoms with Crippen molar-refractivity contribution in [3.05, 3.63) is 77.9 Å². The van der Waals surface area contributed by atoms with Gasteiger partial charge in [-0.25, -0.2) is 4.39 Å². The van der Waals surface area contributed by atoms with Crippen LogP contribution in [0.3, 0.4) is 0 Å². The number of hydrogen-bond donors (Lipinski definition) is 1. The van der Waals surface area contributed by atoms with Crippen molar-refractivity contribution in [3.63, 3.8) is 0 Å². The summed E-state index contributed by atoms with van der Waals surface area (Å²) in [6.45, 7) is 2.91. The fourth-order valence-electron chi connectivity index (χ4n) is 2.67. The summed E-state index contributed by atoms with van der Waals surface area (Å²) in [6.07, 6.45) is 3.67. The Bertz CT molecular complexity index is 732. The smallest absolute Gasteiger partial charge is 0.123 e. The van der Waals surface area contributed by atoms with Crippen molar-refractivity contribution < 1.29 is 4.39 Å². The van der Waals surface area contributed by atoms with Crippen LogP contribution in [0.4, 0.5) is 4.39 Å². The van der Waals surface area contributed by atoms with E-state index in [9.17, 15) is 4.39 Å². The SMILES string of the molecule is CCNC(c1ccc(F)cc1)c1cccc2cnccc12. The van der Waals surface area contributed by atoms with Crippen molar-refractivity contribution >= 4 is 10.8 Å². The van der Waals surface area contributed by atoms with Gasteiger partial charge in [0.25, 0.3) is 0 Å². The van der Waals surface area contributed by atoms with Gasteiger partial charge in [-0.3, -0.25) is 4.98 Å². The second-order valence-electron chi connectivity index (χ2n) is 4.99. The van der Waals surface area contributed by atoms with E-state index in [1.54, 1.807) is 6.20 Å². The van der Waals surface area contributed by atoms with Crippen LogP contribution in [0.5, 0.6) is 0 Å². The third kappa shape index (κ3) is 2.78. The van der Waals surface area contributed by atoms with Crippen LogP contribution in [0.25, 0.3) is 10.8 Å². The number of pyridine rings is 1. The van der Waals surface area contributed by atoms with Crippen LogP contribution >= 0.6 is 0 Å². The van der Waals surface area contributed by atoms with Gasteiger partial charge in [-0.15, -0.1) is 0 Å². The van der Waals surface area contributed by atoms with E-state index in [4.69, 9.17) is 0 Å². The monoisotopic (exact) mass is 280 g/mol. The molecule has 0 amide bonds. The Morgan fingerprint density at radius 2 is 1.90 bits per heavy atom. The molecular weight excluding hydrogens is 263 g/mol. The van der Waals surface area contributed by atoms with Gasteiger partial charge >= 0.3 is 0 Å². The molecule has 0 radical (unpaired) electrons. The summed E-state index contributed by atoms with van der Waals surface area (Å²) < 4.78 is 13.2. The Morgan fingerprint density at radius 1 is 1.10 bits per heavy atom. The van der Waals surface area contributed by atoms with Gasteiger partial charge < -0.3 is 5.32 Å². The molecule has 2 nitrogen and oxygen atoms in total. The first-order chi connectivity index (χ1) is 10.3. The predicted molar refractivity (Wildman–Crippen MR) is 83.7 cm³/mol. The molecule has 0 saturated carbocycles. The van der Waals surface area contributed by atoms with Gasteiger partial charge in [-0.1, -0.05) is 37.3 Å². The lowest BCUT2D eigenvalue weighted by Crippen LogP contribution is -2.22. The Hall–Kier alpha value is -2.26. The van der Waals surface area contributed by atoms with E-state index in [2.05, 4.69) is 29.4 Å². The molecule has 21 heavy (non-hydrogen) atoms. The molecule has 1 unspecified atom stereocenters. The summed E-state index contributed by atoms with van der Waals surface area (Å²) in [5.74, 6) is -0.212. The van der Waals surface area contributed by atoms with Gasteiger partial charge in [0.2, 0.25) is 0 Å². The van der Waals surface area contributed by atoms with Crippen molar-refractivity contribution in [2.75, 3.05) is 6.54 Å². The van der Waals surface area contributed by atoms with E-state index in [1.807, 2.05) is 30.5 Å². The van der Waals surface area contributed by atoms with Gasteiger partial charge in [-0.05, 0) is 41.3 Å². The minimum absolute atomic E-state index is 0.0432. The van der Waals surface area contributed by atoms with E-state index < -0.39 is 0 Å². The van der Waals surface area contributed by atoms with E-state index in [-0.39, 0.29) is 11.9 Å². The van der Waals surface area contributed by atoms with Crippen molar-refractivity contribution in [3.8, 4) is 0 Å². The molecule has 3 aromatic rings. The highest BCUT2D eigenvalue weighted by molar-refractivity contribution is 5.85. The summed E-state index contributed by atoms with van der Waals surface area (Å²) in [4.78, 5) is 4.17. The van der Waals surface area contributed by atoms with Gasteiger partial charge in [0.1, 0.15) is 5.82 Å². The van der Waals surface area contributed by atoms with Crippen molar-refractivity contribution in [2.45, 2.75) is 13.0 Å². The molecule has 0 aliphatic carbocycles. The maximum Gasteiger partial charge on any atom is 0.123 e. The maximum absolute atomic E-state index is 13.2. The Labute approximate surface area is 123 Å². The Balaban J connectivity index is 2.13. The number of nitrogens with zero attached hydrogens (tertiary/aromatic N) is 1. The maximum atomic E-state index is 13.2. The highest BCUT2D eigenvalue weighted by Crippen LogP contribution is 2.28. The molecule has 1 aromatic heterocycles. The van der Waals surface area contributed by atoms with E-state index in [0.29, 0.717) is 0 Å². The van der Waals surface area contributed by atoms with Crippen LogP contribution in [0.15, 0.2) is 60.9 Å². The number of halogens is 1. The zero-order valence-electron chi connectivity index (χ0n) is 11.9. The minimum atomic E-state index is -0.212. The minimum Gasteiger partial charge on any atom is -0.307 e. The second-order valence-corrected chi connectivity index (χ2v) is 4.99. The number of nitrogens with one attached hydrogen (secondary N) is 1. The normalized spacial score (nSPS) is 12.5. The lowest BCUT2D eigenvalue weighted by Gasteiger charge is -2.20. The quantitative estimate of drug-likeness (QED) is 0.779. The molecule has 0 aliphatic heterocycles. The van der Waals surface area contributed by atoms with Gasteiger partial charge in [0.15, 0.2) is 0 Å². The first kappa shape index (κ1) is 13.7. The van der Waals surface area contributed by atoms with Crippen molar-refractivity contribution in [1.29, 1.82) is 0 Å². The zero-order chi connectivity index (χ0) is 14.7. The third-order valence-corrected chi connectivity index (χ3v) is 3.64. The van der Waals surface area contributed by atoms with E-state index >= 15 is 0 Å². The predicted octanol–water partition coefficient (Wildman–Crippen LogP) is 4.07. The summed E-state index contributed by atoms with van der Waals surface area (Å²) >= 11 is 0. The summed E-state index contributed by atoms with van der Waals surface area (Å²) in [5, 5.41) is 5.76. The standard InChI is InChI=1S/C18H17FN2/c1-2-21-18(13-6-8-15(19)9-7-13)17-5-3-4-14-12-20-11-10-16(14)17/h3-12,18,21H,2H2,1H3. The molecule has 0 fully saturated rings. The fraction of sp³-hybridized carbons (Fsp3) is 0.167. The Morgan fingerprint density at radius 3 is 2.67 bits per heavy atom.